The van der Waals surface area contributed by atoms with Gasteiger partial charge in [0.15, 0.2) is 6.29 Å². The van der Waals surface area contributed by atoms with Crippen molar-refractivity contribution in [1.82, 2.24) is 0 Å². The minimum Gasteiger partial charge on any atom is -0.483 e. The summed E-state index contributed by atoms with van der Waals surface area (Å²) >= 11 is 0. The molecule has 0 aromatic rings. The van der Waals surface area contributed by atoms with E-state index in [4.69, 9.17) is 24.5 Å². The lowest BCUT2D eigenvalue weighted by Crippen LogP contribution is -2.58. The fourth-order valence-electron chi connectivity index (χ4n) is 1.26. The zero-order valence-electron chi connectivity index (χ0n) is 8.63. The van der Waals surface area contributed by atoms with Crippen molar-refractivity contribution >= 4 is 6.47 Å². The fourth-order valence-corrected chi connectivity index (χ4v) is 1.26. The lowest BCUT2D eigenvalue weighted by molar-refractivity contribution is -0.294. The van der Waals surface area contributed by atoms with Crippen molar-refractivity contribution in [2.75, 3.05) is 13.7 Å². The second kappa shape index (κ2) is 7.49. The molecule has 1 aliphatic heterocycles. The first-order chi connectivity index (χ1) is 7.53. The van der Waals surface area contributed by atoms with E-state index in [9.17, 15) is 15.3 Å². The molecule has 96 valence electrons. The van der Waals surface area contributed by atoms with Gasteiger partial charge in [0.1, 0.15) is 24.4 Å². The molecule has 0 unspecified atom stereocenters. The minimum absolute atomic E-state index is 0.250. The number of hydrogen-bond donors (Lipinski definition) is 5. The van der Waals surface area contributed by atoms with Gasteiger partial charge >= 0.3 is 0 Å². The molecule has 1 rings (SSSR count). The van der Waals surface area contributed by atoms with Crippen molar-refractivity contribution in [3.8, 4) is 0 Å². The second-order valence-electron chi connectivity index (χ2n) is 3.04. The van der Waals surface area contributed by atoms with Crippen LogP contribution in [0.3, 0.4) is 0 Å². The topological polar surface area (TPSA) is 137 Å². The highest BCUT2D eigenvalue weighted by Crippen LogP contribution is 2.20. The summed E-state index contributed by atoms with van der Waals surface area (Å²) in [6.45, 7) is -0.690. The summed E-state index contributed by atoms with van der Waals surface area (Å²) in [5.41, 5.74) is 0. The van der Waals surface area contributed by atoms with Crippen LogP contribution in [-0.4, -0.2) is 76.4 Å². The third-order valence-electron chi connectivity index (χ3n) is 2.08. The number of ether oxygens (including phenoxy) is 2. The number of carbonyl (C=O) groups is 1. The van der Waals surface area contributed by atoms with Crippen LogP contribution in [0.2, 0.25) is 0 Å². The normalized spacial score (nSPS) is 38.4. The molecule has 0 saturated carbocycles. The standard InChI is InChI=1S/C7H14O6.CH2O2/c1-12-7-6(11)5(10)4(9)3(2-8)13-7;2-1-3/h3-11H,2H2,1H3;1H,(H,2,3)/t3-,4-,5+,6-,7-;/m1./s1. The molecule has 0 amide bonds. The maximum absolute atomic E-state index is 9.28. The van der Waals surface area contributed by atoms with Gasteiger partial charge in [-0.3, -0.25) is 4.79 Å². The third-order valence-corrected chi connectivity index (χ3v) is 2.08. The molecular formula is C8H16O8. The van der Waals surface area contributed by atoms with Crippen molar-refractivity contribution in [3.05, 3.63) is 0 Å². The van der Waals surface area contributed by atoms with Crippen molar-refractivity contribution < 1.29 is 39.8 Å². The Hall–Kier alpha value is -0.770. The smallest absolute Gasteiger partial charge is 0.290 e. The minimum atomic E-state index is -1.36. The van der Waals surface area contributed by atoms with Crippen LogP contribution >= 0.6 is 0 Å². The average Bonchev–Trinajstić information content (AvgIpc) is 2.28. The number of hydrogen-bond acceptors (Lipinski definition) is 7. The van der Waals surface area contributed by atoms with Gasteiger partial charge in [-0.05, 0) is 0 Å². The molecule has 0 aromatic carbocycles. The van der Waals surface area contributed by atoms with Gasteiger partial charge in [-0.2, -0.15) is 0 Å². The van der Waals surface area contributed by atoms with Crippen molar-refractivity contribution in [3.63, 3.8) is 0 Å². The number of rotatable bonds is 2. The highest BCUT2D eigenvalue weighted by Gasteiger charge is 2.43. The van der Waals surface area contributed by atoms with Crippen LogP contribution in [-0.2, 0) is 14.3 Å². The van der Waals surface area contributed by atoms with Crippen LogP contribution in [0.5, 0.6) is 0 Å². The van der Waals surface area contributed by atoms with E-state index in [1.807, 2.05) is 0 Å². The summed E-state index contributed by atoms with van der Waals surface area (Å²) in [6.07, 6.45) is -5.91. The molecule has 1 fully saturated rings. The number of aliphatic hydroxyl groups excluding tert-OH is 4. The molecule has 8 heteroatoms. The summed E-state index contributed by atoms with van der Waals surface area (Å²) in [5.74, 6) is 0. The predicted octanol–water partition coefficient (Wildman–Crippen LogP) is -2.87. The van der Waals surface area contributed by atoms with E-state index in [0.29, 0.717) is 0 Å². The molecule has 0 spiro atoms. The highest BCUT2D eigenvalue weighted by molar-refractivity contribution is 5.32. The summed E-state index contributed by atoms with van der Waals surface area (Å²) < 4.78 is 9.65. The molecular weight excluding hydrogens is 224 g/mol. The monoisotopic (exact) mass is 240 g/mol. The molecule has 1 heterocycles. The Labute approximate surface area is 91.7 Å². The molecule has 0 aromatic heterocycles. The molecule has 16 heavy (non-hydrogen) atoms. The Bertz CT molecular complexity index is 178. The van der Waals surface area contributed by atoms with Crippen LogP contribution in [0.15, 0.2) is 0 Å². The van der Waals surface area contributed by atoms with Gasteiger partial charge in [-0.15, -0.1) is 0 Å². The molecule has 5 N–H and O–H groups in total. The summed E-state index contributed by atoms with van der Waals surface area (Å²) in [5, 5.41) is 43.5. The van der Waals surface area contributed by atoms with Gasteiger partial charge < -0.3 is 35.0 Å². The summed E-state index contributed by atoms with van der Waals surface area (Å²) in [7, 11) is 1.30. The van der Waals surface area contributed by atoms with E-state index >= 15 is 0 Å². The predicted molar refractivity (Wildman–Crippen MR) is 49.5 cm³/mol. The van der Waals surface area contributed by atoms with Gasteiger partial charge in [-0.25, -0.2) is 0 Å². The third kappa shape index (κ3) is 3.67. The first-order valence-electron chi connectivity index (χ1n) is 4.44. The maximum Gasteiger partial charge on any atom is 0.290 e. The van der Waals surface area contributed by atoms with E-state index in [2.05, 4.69) is 0 Å². The summed E-state index contributed by atoms with van der Waals surface area (Å²) in [4.78, 5) is 8.36. The Morgan fingerprint density at radius 3 is 2.12 bits per heavy atom. The molecule has 5 atom stereocenters. The first-order valence-corrected chi connectivity index (χ1v) is 4.44. The van der Waals surface area contributed by atoms with Crippen molar-refractivity contribution in [2.45, 2.75) is 30.7 Å². The van der Waals surface area contributed by atoms with Gasteiger partial charge in [-0.1, -0.05) is 0 Å². The van der Waals surface area contributed by atoms with Crippen LogP contribution < -0.4 is 0 Å². The lowest BCUT2D eigenvalue weighted by Gasteiger charge is -2.38. The Balaban J connectivity index is 0.000000673. The first kappa shape index (κ1) is 15.2. The Morgan fingerprint density at radius 2 is 1.75 bits per heavy atom. The lowest BCUT2D eigenvalue weighted by atomic mass is 9.99. The van der Waals surface area contributed by atoms with Crippen LogP contribution in [0.25, 0.3) is 0 Å². The number of carboxylic acid groups (broad SMARTS) is 1. The summed E-state index contributed by atoms with van der Waals surface area (Å²) in [6, 6.07) is 0. The number of aliphatic hydroxyl groups is 4. The van der Waals surface area contributed by atoms with Crippen LogP contribution in [0.1, 0.15) is 0 Å². The zero-order valence-corrected chi connectivity index (χ0v) is 8.63. The van der Waals surface area contributed by atoms with Gasteiger partial charge in [0.25, 0.3) is 6.47 Å². The SMILES string of the molecule is CO[C@@H]1O[C@H](CO)[C@@H](O)[C@H](O)[C@H]1O.O=CO. The van der Waals surface area contributed by atoms with E-state index in [1.54, 1.807) is 0 Å². The Kier molecular flexibility index (Phi) is 7.13. The quantitative estimate of drug-likeness (QED) is 0.325. The van der Waals surface area contributed by atoms with E-state index < -0.39 is 37.3 Å². The Morgan fingerprint density at radius 1 is 1.25 bits per heavy atom. The van der Waals surface area contributed by atoms with Crippen molar-refractivity contribution in [2.24, 2.45) is 0 Å². The molecule has 0 bridgehead atoms. The van der Waals surface area contributed by atoms with E-state index in [-0.39, 0.29) is 6.47 Å². The molecule has 1 saturated heterocycles. The maximum atomic E-state index is 9.28. The van der Waals surface area contributed by atoms with Gasteiger partial charge in [0, 0.05) is 7.11 Å². The van der Waals surface area contributed by atoms with Gasteiger partial charge in [0.05, 0.1) is 6.61 Å². The molecule has 0 radical (unpaired) electrons. The second-order valence-corrected chi connectivity index (χ2v) is 3.04. The molecule has 8 nitrogen and oxygen atoms in total. The highest BCUT2D eigenvalue weighted by atomic mass is 16.7. The van der Waals surface area contributed by atoms with E-state index in [1.165, 1.54) is 7.11 Å². The fraction of sp³-hybridized carbons (Fsp3) is 0.875. The molecule has 0 aliphatic carbocycles. The zero-order chi connectivity index (χ0) is 12.7. The average molecular weight is 240 g/mol. The van der Waals surface area contributed by atoms with E-state index in [0.717, 1.165) is 0 Å². The van der Waals surface area contributed by atoms with Crippen LogP contribution in [0, 0.1) is 0 Å². The largest absolute Gasteiger partial charge is 0.483 e. The van der Waals surface area contributed by atoms with Crippen LogP contribution in [0.4, 0.5) is 0 Å². The molecule has 1 aliphatic rings. The van der Waals surface area contributed by atoms with Crippen molar-refractivity contribution in [1.29, 1.82) is 0 Å². The van der Waals surface area contributed by atoms with Gasteiger partial charge in [0.2, 0.25) is 0 Å². The number of methoxy groups -OCH3 is 1.